The molecule has 3 heterocycles. The molecule has 2 amide bonds. The van der Waals surface area contributed by atoms with Crippen LogP contribution >= 0.6 is 11.3 Å². The minimum absolute atomic E-state index is 0.0390. The Morgan fingerprint density at radius 1 is 1.50 bits per heavy atom. The smallest absolute Gasteiger partial charge is 0.271 e. The first-order valence-electron chi connectivity index (χ1n) is 7.39. The first-order chi connectivity index (χ1) is 10.5. The molecule has 7 heteroatoms. The second-order valence-electron chi connectivity index (χ2n) is 6.01. The summed E-state index contributed by atoms with van der Waals surface area (Å²) in [5, 5.41) is 4.84. The Bertz CT molecular complexity index is 677. The summed E-state index contributed by atoms with van der Waals surface area (Å²) in [4.78, 5) is 29.7. The highest BCUT2D eigenvalue weighted by molar-refractivity contribution is 7.17. The van der Waals surface area contributed by atoms with Crippen molar-refractivity contribution in [2.45, 2.75) is 38.4 Å². The van der Waals surface area contributed by atoms with Gasteiger partial charge in [-0.25, -0.2) is 0 Å². The third-order valence-electron chi connectivity index (χ3n) is 3.80. The fourth-order valence-corrected chi connectivity index (χ4v) is 3.62. The summed E-state index contributed by atoms with van der Waals surface area (Å²) < 4.78 is 1.04. The van der Waals surface area contributed by atoms with Crippen LogP contribution in [0.2, 0.25) is 0 Å². The number of hydrogen-bond acceptors (Lipinski definition) is 4. The van der Waals surface area contributed by atoms with E-state index in [-0.39, 0.29) is 23.9 Å². The maximum atomic E-state index is 12.7. The van der Waals surface area contributed by atoms with Gasteiger partial charge in [-0.1, -0.05) is 0 Å². The highest BCUT2D eigenvalue weighted by Crippen LogP contribution is 2.25. The van der Waals surface area contributed by atoms with Gasteiger partial charge in [0.25, 0.3) is 5.91 Å². The summed E-state index contributed by atoms with van der Waals surface area (Å²) in [5.41, 5.74) is 7.43. The molecule has 118 valence electrons. The number of carbonyl (C=O) groups excluding carboxylic acids is 2. The fraction of sp³-hybridized carbons (Fsp3) is 0.467. The number of likely N-dealkylation sites (tertiary alicyclic amines) is 1. The molecular weight excluding hydrogens is 300 g/mol. The van der Waals surface area contributed by atoms with E-state index in [9.17, 15) is 9.59 Å². The van der Waals surface area contributed by atoms with E-state index in [0.29, 0.717) is 18.7 Å². The average molecular weight is 320 g/mol. The first kappa shape index (κ1) is 15.1. The van der Waals surface area contributed by atoms with Crippen LogP contribution in [-0.2, 0) is 4.79 Å². The average Bonchev–Trinajstić information content (AvgIpc) is 3.09. The molecule has 2 aromatic heterocycles. The summed E-state index contributed by atoms with van der Waals surface area (Å²) in [7, 11) is 0. The quantitative estimate of drug-likeness (QED) is 0.796. The first-order valence-corrected chi connectivity index (χ1v) is 8.27. The zero-order valence-corrected chi connectivity index (χ0v) is 13.4. The zero-order valence-electron chi connectivity index (χ0n) is 12.6. The Morgan fingerprint density at radius 2 is 2.27 bits per heavy atom. The molecule has 0 spiro atoms. The number of fused-ring (bicyclic) bond motifs is 1. The number of aromatic nitrogens is 1. The summed E-state index contributed by atoms with van der Waals surface area (Å²) in [5.74, 6) is -0.301. The summed E-state index contributed by atoms with van der Waals surface area (Å²) in [6.45, 7) is 4.21. The van der Waals surface area contributed by atoms with E-state index in [1.807, 2.05) is 31.4 Å². The number of aromatic amines is 1. The van der Waals surface area contributed by atoms with Crippen LogP contribution in [0.5, 0.6) is 0 Å². The molecule has 0 aliphatic carbocycles. The van der Waals surface area contributed by atoms with Gasteiger partial charge in [0, 0.05) is 18.6 Å². The second-order valence-corrected chi connectivity index (χ2v) is 6.96. The Balaban J connectivity index is 1.82. The number of nitrogens with two attached hydrogens (primary N) is 1. The van der Waals surface area contributed by atoms with Crippen molar-refractivity contribution in [3.05, 3.63) is 23.2 Å². The summed E-state index contributed by atoms with van der Waals surface area (Å²) >= 11 is 1.58. The molecular formula is C15H20N4O2S. The van der Waals surface area contributed by atoms with Crippen molar-refractivity contribution < 1.29 is 9.59 Å². The van der Waals surface area contributed by atoms with Crippen LogP contribution < -0.4 is 11.1 Å². The maximum absolute atomic E-state index is 12.7. The fourth-order valence-electron chi connectivity index (χ4n) is 2.84. The van der Waals surface area contributed by atoms with Crippen LogP contribution in [-0.4, -0.2) is 46.4 Å². The normalized spacial score (nSPS) is 21.7. The number of hydrogen-bond donors (Lipinski definition) is 3. The van der Waals surface area contributed by atoms with E-state index in [4.69, 9.17) is 5.73 Å². The van der Waals surface area contributed by atoms with Crippen molar-refractivity contribution in [2.24, 2.45) is 5.73 Å². The number of thiophene rings is 1. The number of amides is 2. The molecule has 1 fully saturated rings. The molecule has 22 heavy (non-hydrogen) atoms. The van der Waals surface area contributed by atoms with Crippen LogP contribution in [0.4, 0.5) is 0 Å². The lowest BCUT2D eigenvalue weighted by molar-refractivity contribution is -0.125. The molecule has 1 aliphatic heterocycles. The van der Waals surface area contributed by atoms with E-state index in [2.05, 4.69) is 10.3 Å². The van der Waals surface area contributed by atoms with Crippen molar-refractivity contribution in [3.8, 4) is 0 Å². The van der Waals surface area contributed by atoms with Crippen molar-refractivity contribution in [1.29, 1.82) is 0 Å². The van der Waals surface area contributed by atoms with Crippen molar-refractivity contribution >= 4 is 33.4 Å². The monoisotopic (exact) mass is 320 g/mol. The standard InChI is InChI=1S/C15H20N4O2S/c1-8(2)17-14(20)12-5-9(16)7-19(12)15(21)11-6-13-10(18-11)3-4-22-13/h3-4,6,8-9,12,18H,5,7,16H2,1-2H3,(H,17,20)/t9-,12+/m1/s1. The maximum Gasteiger partial charge on any atom is 0.271 e. The van der Waals surface area contributed by atoms with Gasteiger partial charge in [0.2, 0.25) is 5.91 Å². The van der Waals surface area contributed by atoms with Crippen molar-refractivity contribution in [2.75, 3.05) is 6.54 Å². The van der Waals surface area contributed by atoms with Gasteiger partial charge in [-0.2, -0.15) is 0 Å². The van der Waals surface area contributed by atoms with Crippen LogP contribution in [0.3, 0.4) is 0 Å². The minimum atomic E-state index is -0.494. The van der Waals surface area contributed by atoms with E-state index < -0.39 is 6.04 Å². The van der Waals surface area contributed by atoms with Crippen molar-refractivity contribution in [1.82, 2.24) is 15.2 Å². The molecule has 3 rings (SSSR count). The SMILES string of the molecule is CC(C)NC(=O)[C@@H]1C[C@@H](N)CN1C(=O)c1cc2sccc2[nH]1. The molecule has 1 saturated heterocycles. The van der Waals surface area contributed by atoms with Gasteiger partial charge in [-0.05, 0) is 37.8 Å². The van der Waals surface area contributed by atoms with Gasteiger partial charge in [-0.15, -0.1) is 11.3 Å². The third kappa shape index (κ3) is 2.74. The Kier molecular flexibility index (Phi) is 3.92. The van der Waals surface area contributed by atoms with Crippen LogP contribution in [0.25, 0.3) is 10.2 Å². The van der Waals surface area contributed by atoms with Gasteiger partial charge >= 0.3 is 0 Å². The molecule has 2 atom stereocenters. The predicted molar refractivity (Wildman–Crippen MR) is 86.9 cm³/mol. The largest absolute Gasteiger partial charge is 0.352 e. The number of rotatable bonds is 3. The lowest BCUT2D eigenvalue weighted by Gasteiger charge is -2.24. The number of H-pyrrole nitrogens is 1. The van der Waals surface area contributed by atoms with E-state index in [1.165, 1.54) is 0 Å². The predicted octanol–water partition coefficient (Wildman–Crippen LogP) is 1.30. The highest BCUT2D eigenvalue weighted by Gasteiger charge is 2.39. The zero-order chi connectivity index (χ0) is 15.9. The highest BCUT2D eigenvalue weighted by atomic mass is 32.1. The van der Waals surface area contributed by atoms with Gasteiger partial charge in [0.05, 0.1) is 10.2 Å². The van der Waals surface area contributed by atoms with Crippen LogP contribution in [0.1, 0.15) is 30.8 Å². The van der Waals surface area contributed by atoms with Crippen molar-refractivity contribution in [3.63, 3.8) is 0 Å². The molecule has 1 aliphatic rings. The minimum Gasteiger partial charge on any atom is -0.352 e. The van der Waals surface area contributed by atoms with Gasteiger partial charge in [0.1, 0.15) is 11.7 Å². The van der Waals surface area contributed by atoms with Crippen LogP contribution in [0.15, 0.2) is 17.5 Å². The molecule has 6 nitrogen and oxygen atoms in total. The number of nitrogens with zero attached hydrogens (tertiary/aromatic N) is 1. The Labute approximate surface area is 132 Å². The van der Waals surface area contributed by atoms with E-state index in [1.54, 1.807) is 16.2 Å². The topological polar surface area (TPSA) is 91.2 Å². The molecule has 4 N–H and O–H groups in total. The van der Waals surface area contributed by atoms with E-state index >= 15 is 0 Å². The lowest BCUT2D eigenvalue weighted by Crippen LogP contribution is -2.47. The molecule has 0 radical (unpaired) electrons. The molecule has 0 unspecified atom stereocenters. The summed E-state index contributed by atoms with van der Waals surface area (Å²) in [6, 6.07) is 3.16. The van der Waals surface area contributed by atoms with E-state index in [0.717, 1.165) is 10.2 Å². The third-order valence-corrected chi connectivity index (χ3v) is 4.66. The van der Waals surface area contributed by atoms with Gasteiger partial charge < -0.3 is 20.9 Å². The molecule has 0 bridgehead atoms. The second kappa shape index (κ2) is 5.73. The van der Waals surface area contributed by atoms with Crippen LogP contribution in [0, 0.1) is 0 Å². The van der Waals surface area contributed by atoms with Gasteiger partial charge in [0.15, 0.2) is 0 Å². The van der Waals surface area contributed by atoms with Gasteiger partial charge in [-0.3, -0.25) is 9.59 Å². The Hall–Kier alpha value is -1.86. The number of carbonyl (C=O) groups is 2. The number of nitrogens with one attached hydrogen (secondary N) is 2. The Morgan fingerprint density at radius 3 is 2.95 bits per heavy atom. The molecule has 0 aromatic carbocycles. The molecule has 2 aromatic rings. The summed E-state index contributed by atoms with van der Waals surface area (Å²) in [6.07, 6.45) is 0.499. The lowest BCUT2D eigenvalue weighted by atomic mass is 10.1. The molecule has 0 saturated carbocycles.